The number of amidine groups is 1. The van der Waals surface area contributed by atoms with Crippen molar-refractivity contribution in [2.75, 3.05) is 5.75 Å². The van der Waals surface area contributed by atoms with Crippen LogP contribution in [0.2, 0.25) is 0 Å². The smallest absolute Gasteiger partial charge is 0.181 e. The molecule has 3 nitrogen and oxygen atoms in total. The van der Waals surface area contributed by atoms with Crippen LogP contribution in [0.3, 0.4) is 0 Å². The first-order valence-corrected chi connectivity index (χ1v) is 12.9. The van der Waals surface area contributed by atoms with Gasteiger partial charge in [0.05, 0.1) is 17.8 Å². The Balaban J connectivity index is 1.39. The Morgan fingerprint density at radius 1 is 0.788 bits per heavy atom. The van der Waals surface area contributed by atoms with Crippen molar-refractivity contribution < 1.29 is 0 Å². The molecule has 162 valence electrons. The number of hydrazone groups is 1. The van der Waals surface area contributed by atoms with Crippen molar-refractivity contribution in [2.45, 2.75) is 18.5 Å². The number of fused-ring (bicyclic) bond motifs is 1. The molecule has 0 aromatic heterocycles. The first-order valence-electron chi connectivity index (χ1n) is 11.1. The summed E-state index contributed by atoms with van der Waals surface area (Å²) in [5.41, 5.74) is 4.80. The van der Waals surface area contributed by atoms with Gasteiger partial charge in [0, 0.05) is 16.6 Å². The van der Waals surface area contributed by atoms with Gasteiger partial charge in [0.25, 0.3) is 0 Å². The van der Waals surface area contributed by atoms with Gasteiger partial charge in [-0.25, -0.2) is 5.01 Å². The van der Waals surface area contributed by atoms with E-state index in [-0.39, 0.29) is 12.1 Å². The second-order valence-corrected chi connectivity index (χ2v) is 10.3. The van der Waals surface area contributed by atoms with Crippen molar-refractivity contribution in [1.29, 1.82) is 0 Å². The molecule has 5 heteroatoms. The van der Waals surface area contributed by atoms with Gasteiger partial charge in [0.2, 0.25) is 0 Å². The van der Waals surface area contributed by atoms with Crippen molar-refractivity contribution in [2.24, 2.45) is 10.1 Å². The molecular weight excluding hydrogens is 490 g/mol. The summed E-state index contributed by atoms with van der Waals surface area (Å²) in [5, 5.41) is 10.8. The second-order valence-electron chi connectivity index (χ2n) is 8.37. The number of hydrogen-bond donors (Lipinski definition) is 0. The fourth-order valence-corrected chi connectivity index (χ4v) is 5.85. The van der Waals surface area contributed by atoms with Crippen LogP contribution in [0.4, 0.5) is 0 Å². The molecule has 4 aromatic carbocycles. The van der Waals surface area contributed by atoms with Crippen molar-refractivity contribution >= 4 is 49.3 Å². The van der Waals surface area contributed by atoms with Crippen LogP contribution in [0.15, 0.2) is 112 Å². The first kappa shape index (κ1) is 20.7. The zero-order valence-electron chi connectivity index (χ0n) is 17.9. The zero-order chi connectivity index (χ0) is 22.2. The Kier molecular flexibility index (Phi) is 5.52. The van der Waals surface area contributed by atoms with Gasteiger partial charge in [0.15, 0.2) is 5.17 Å². The Morgan fingerprint density at radius 2 is 1.55 bits per heavy atom. The molecule has 2 atom stereocenters. The molecule has 0 aliphatic carbocycles. The summed E-state index contributed by atoms with van der Waals surface area (Å²) in [6.07, 6.45) is 0.857. The quantitative estimate of drug-likeness (QED) is 0.283. The van der Waals surface area contributed by atoms with Gasteiger partial charge >= 0.3 is 0 Å². The maximum absolute atomic E-state index is 5.12. The first-order chi connectivity index (χ1) is 16.2. The lowest BCUT2D eigenvalue weighted by Crippen LogP contribution is -2.23. The van der Waals surface area contributed by atoms with E-state index in [2.05, 4.69) is 118 Å². The number of hydrogen-bond acceptors (Lipinski definition) is 4. The molecule has 0 N–H and O–H groups in total. The lowest BCUT2D eigenvalue weighted by molar-refractivity contribution is 0.376. The van der Waals surface area contributed by atoms with Gasteiger partial charge in [0.1, 0.15) is 0 Å². The van der Waals surface area contributed by atoms with Gasteiger partial charge in [-0.2, -0.15) is 5.10 Å². The largest absolute Gasteiger partial charge is 0.252 e. The van der Waals surface area contributed by atoms with Gasteiger partial charge < -0.3 is 0 Å². The summed E-state index contributed by atoms with van der Waals surface area (Å²) in [6, 6.07) is 34.6. The Hall–Kier alpha value is -2.89. The van der Waals surface area contributed by atoms with E-state index in [1.165, 1.54) is 21.9 Å². The van der Waals surface area contributed by atoms with E-state index in [9.17, 15) is 0 Å². The minimum Gasteiger partial charge on any atom is -0.252 e. The molecule has 4 aromatic rings. The average Bonchev–Trinajstić information content (AvgIpc) is 3.53. The van der Waals surface area contributed by atoms with Crippen LogP contribution in [-0.4, -0.2) is 21.6 Å². The van der Waals surface area contributed by atoms with E-state index >= 15 is 0 Å². The Morgan fingerprint density at radius 3 is 2.36 bits per heavy atom. The van der Waals surface area contributed by atoms with Crippen LogP contribution in [0.1, 0.15) is 35.2 Å². The highest BCUT2D eigenvalue weighted by atomic mass is 79.9. The summed E-state index contributed by atoms with van der Waals surface area (Å²) in [5.74, 6) is 0.948. The minimum absolute atomic E-state index is 0.133. The lowest BCUT2D eigenvalue weighted by Gasteiger charge is -2.23. The normalized spacial score (nSPS) is 20.2. The fraction of sp³-hybridized carbons (Fsp3) is 0.143. The molecule has 0 saturated heterocycles. The fourth-order valence-electron chi connectivity index (χ4n) is 4.51. The van der Waals surface area contributed by atoms with E-state index in [1.807, 2.05) is 0 Å². The van der Waals surface area contributed by atoms with Crippen LogP contribution < -0.4 is 0 Å². The number of nitrogens with zero attached hydrogens (tertiary/aromatic N) is 3. The maximum atomic E-state index is 5.12. The average molecular weight is 512 g/mol. The lowest BCUT2D eigenvalue weighted by atomic mass is 9.96. The van der Waals surface area contributed by atoms with Crippen molar-refractivity contribution in [1.82, 2.24) is 5.01 Å². The molecule has 0 bridgehead atoms. The van der Waals surface area contributed by atoms with Crippen molar-refractivity contribution in [3.8, 4) is 0 Å². The van der Waals surface area contributed by atoms with Gasteiger partial charge in [-0.1, -0.05) is 107 Å². The molecule has 0 fully saturated rings. The highest BCUT2D eigenvalue weighted by Crippen LogP contribution is 2.40. The topological polar surface area (TPSA) is 28.0 Å². The highest BCUT2D eigenvalue weighted by molar-refractivity contribution is 9.10. The summed E-state index contributed by atoms with van der Waals surface area (Å²) in [6.45, 7) is 0. The Labute approximate surface area is 206 Å². The summed E-state index contributed by atoms with van der Waals surface area (Å²) in [4.78, 5) is 5.11. The van der Waals surface area contributed by atoms with E-state index in [1.54, 1.807) is 11.8 Å². The highest BCUT2D eigenvalue weighted by Gasteiger charge is 2.35. The molecular formula is C28H22BrN3S. The number of aliphatic imine (C=N–C) groups is 1. The summed E-state index contributed by atoms with van der Waals surface area (Å²) >= 11 is 5.35. The molecule has 0 saturated carbocycles. The zero-order valence-corrected chi connectivity index (χ0v) is 20.3. The monoisotopic (exact) mass is 511 g/mol. The minimum atomic E-state index is 0.133. The standard InChI is InChI=1S/C28H22BrN3S/c29-24-14-12-21(13-15-24)25-17-27(23-11-10-19-6-4-5-9-22(19)16-23)32(31-25)28-30-26(18-33-28)20-7-2-1-3-8-20/h1-16,26-27H,17-18H2. The number of halogens is 1. The van der Waals surface area contributed by atoms with E-state index in [4.69, 9.17) is 10.1 Å². The third-order valence-electron chi connectivity index (χ3n) is 6.26. The van der Waals surface area contributed by atoms with Gasteiger partial charge in [-0.3, -0.25) is 4.99 Å². The third kappa shape index (κ3) is 4.11. The van der Waals surface area contributed by atoms with Crippen LogP contribution in [0, 0.1) is 0 Å². The van der Waals surface area contributed by atoms with Crippen LogP contribution in [0.5, 0.6) is 0 Å². The predicted octanol–water partition coefficient (Wildman–Crippen LogP) is 7.60. The molecule has 0 amide bonds. The Bertz CT molecular complexity index is 1370. The molecule has 33 heavy (non-hydrogen) atoms. The predicted molar refractivity (Wildman–Crippen MR) is 143 cm³/mol. The van der Waals surface area contributed by atoms with Gasteiger partial charge in [-0.05, 0) is 45.7 Å². The second kappa shape index (κ2) is 8.81. The van der Waals surface area contributed by atoms with Crippen LogP contribution >= 0.6 is 27.7 Å². The number of rotatable bonds is 3. The van der Waals surface area contributed by atoms with E-state index in [0.717, 1.165) is 33.1 Å². The van der Waals surface area contributed by atoms with Crippen molar-refractivity contribution in [3.63, 3.8) is 0 Å². The third-order valence-corrected chi connectivity index (χ3v) is 7.82. The van der Waals surface area contributed by atoms with Gasteiger partial charge in [-0.15, -0.1) is 0 Å². The molecule has 2 unspecified atom stereocenters. The number of benzene rings is 4. The van der Waals surface area contributed by atoms with Crippen molar-refractivity contribution in [3.05, 3.63) is 118 Å². The van der Waals surface area contributed by atoms with Crippen LogP contribution in [-0.2, 0) is 0 Å². The summed E-state index contributed by atoms with van der Waals surface area (Å²) in [7, 11) is 0. The number of thioether (sulfide) groups is 1. The molecule has 2 aliphatic heterocycles. The SMILES string of the molecule is Brc1ccc(C2=NN(C3=NC(c4ccccc4)CS3)C(c3ccc4ccccc4c3)C2)cc1. The molecule has 2 aliphatic rings. The maximum Gasteiger partial charge on any atom is 0.181 e. The molecule has 0 radical (unpaired) electrons. The summed E-state index contributed by atoms with van der Waals surface area (Å²) < 4.78 is 1.08. The van der Waals surface area contributed by atoms with E-state index in [0.29, 0.717) is 0 Å². The van der Waals surface area contributed by atoms with Crippen LogP contribution in [0.25, 0.3) is 10.8 Å². The molecule has 0 spiro atoms. The molecule has 6 rings (SSSR count). The molecule has 2 heterocycles. The van der Waals surface area contributed by atoms with E-state index < -0.39 is 0 Å².